The number of rotatable bonds is 8. The number of primary amides is 1. The number of aliphatic carboxylic acids is 1. The van der Waals surface area contributed by atoms with Gasteiger partial charge in [0.2, 0.25) is 5.91 Å². The largest absolute Gasteiger partial charge is 0.480 e. The zero-order chi connectivity index (χ0) is 12.8. The summed E-state index contributed by atoms with van der Waals surface area (Å²) in [6, 6.07) is -1.06. The SMILES string of the molecule is NC(=O)CCC(NCCS(=O)(=O)O)C(=O)O. The van der Waals surface area contributed by atoms with Gasteiger partial charge in [-0.1, -0.05) is 0 Å². The molecule has 16 heavy (non-hydrogen) atoms. The van der Waals surface area contributed by atoms with Gasteiger partial charge in [0, 0.05) is 13.0 Å². The van der Waals surface area contributed by atoms with Crippen LogP contribution < -0.4 is 11.1 Å². The van der Waals surface area contributed by atoms with E-state index in [-0.39, 0.29) is 19.4 Å². The highest BCUT2D eigenvalue weighted by Gasteiger charge is 2.18. The highest BCUT2D eigenvalue weighted by molar-refractivity contribution is 7.85. The lowest BCUT2D eigenvalue weighted by Gasteiger charge is -2.12. The monoisotopic (exact) mass is 254 g/mol. The molecular weight excluding hydrogens is 240 g/mol. The summed E-state index contributed by atoms with van der Waals surface area (Å²) >= 11 is 0. The van der Waals surface area contributed by atoms with E-state index in [0.717, 1.165) is 0 Å². The molecule has 0 aromatic carbocycles. The molecule has 0 saturated heterocycles. The number of carboxylic acids is 1. The molecule has 5 N–H and O–H groups in total. The topological polar surface area (TPSA) is 147 Å². The average Bonchev–Trinajstić information content (AvgIpc) is 2.07. The third kappa shape index (κ3) is 8.15. The zero-order valence-electron chi connectivity index (χ0n) is 8.42. The Bertz CT molecular complexity index is 352. The minimum absolute atomic E-state index is 0.0316. The summed E-state index contributed by atoms with van der Waals surface area (Å²) in [4.78, 5) is 21.1. The third-order valence-corrected chi connectivity index (χ3v) is 2.45. The number of hydrogen-bond donors (Lipinski definition) is 4. The molecule has 0 aliphatic rings. The van der Waals surface area contributed by atoms with Crippen LogP contribution >= 0.6 is 0 Å². The van der Waals surface area contributed by atoms with Crippen LogP contribution in [0.15, 0.2) is 0 Å². The maximum absolute atomic E-state index is 10.6. The summed E-state index contributed by atoms with van der Waals surface area (Å²) < 4.78 is 29.1. The molecule has 0 spiro atoms. The van der Waals surface area contributed by atoms with Crippen LogP contribution in [0.5, 0.6) is 0 Å². The Balaban J connectivity index is 4.05. The van der Waals surface area contributed by atoms with Crippen molar-refractivity contribution in [3.05, 3.63) is 0 Å². The minimum Gasteiger partial charge on any atom is -0.480 e. The second-order valence-electron chi connectivity index (χ2n) is 3.14. The van der Waals surface area contributed by atoms with Crippen LogP contribution in [-0.4, -0.2) is 48.3 Å². The van der Waals surface area contributed by atoms with Crippen LogP contribution in [0.25, 0.3) is 0 Å². The Hall–Kier alpha value is -1.19. The Morgan fingerprint density at radius 3 is 2.31 bits per heavy atom. The summed E-state index contributed by atoms with van der Waals surface area (Å²) in [6.07, 6.45) is -0.147. The van der Waals surface area contributed by atoms with Crippen LogP contribution in [0, 0.1) is 0 Å². The third-order valence-electron chi connectivity index (χ3n) is 1.73. The molecule has 0 bridgehead atoms. The molecule has 0 aromatic rings. The molecular formula is C7H14N2O6S. The first-order valence-corrected chi connectivity index (χ1v) is 6.03. The van der Waals surface area contributed by atoms with Crippen molar-refractivity contribution in [2.24, 2.45) is 5.73 Å². The van der Waals surface area contributed by atoms with Crippen molar-refractivity contribution in [1.82, 2.24) is 5.32 Å². The van der Waals surface area contributed by atoms with Gasteiger partial charge in [-0.3, -0.25) is 14.1 Å². The highest BCUT2D eigenvalue weighted by Crippen LogP contribution is 1.97. The van der Waals surface area contributed by atoms with Crippen molar-refractivity contribution < 1.29 is 27.7 Å². The lowest BCUT2D eigenvalue weighted by atomic mass is 10.1. The molecule has 0 heterocycles. The van der Waals surface area contributed by atoms with Crippen molar-refractivity contribution in [2.75, 3.05) is 12.3 Å². The van der Waals surface area contributed by atoms with Crippen molar-refractivity contribution in [3.8, 4) is 0 Å². The van der Waals surface area contributed by atoms with Gasteiger partial charge in [-0.25, -0.2) is 0 Å². The maximum atomic E-state index is 10.6. The van der Waals surface area contributed by atoms with E-state index < -0.39 is 33.8 Å². The molecule has 0 radical (unpaired) electrons. The van der Waals surface area contributed by atoms with E-state index in [4.69, 9.17) is 15.4 Å². The molecule has 1 atom stereocenters. The van der Waals surface area contributed by atoms with Gasteiger partial charge in [-0.2, -0.15) is 8.42 Å². The molecule has 0 rings (SSSR count). The predicted molar refractivity (Wildman–Crippen MR) is 54.3 cm³/mol. The van der Waals surface area contributed by atoms with Gasteiger partial charge in [0.1, 0.15) is 6.04 Å². The molecule has 0 aliphatic heterocycles. The van der Waals surface area contributed by atoms with E-state index >= 15 is 0 Å². The van der Waals surface area contributed by atoms with Crippen LogP contribution in [0.2, 0.25) is 0 Å². The number of nitrogens with one attached hydrogen (secondary N) is 1. The van der Waals surface area contributed by atoms with Gasteiger partial charge in [-0.05, 0) is 6.42 Å². The van der Waals surface area contributed by atoms with E-state index in [9.17, 15) is 18.0 Å². The Kier molecular flexibility index (Phi) is 5.93. The molecule has 9 heteroatoms. The number of hydrogen-bond acceptors (Lipinski definition) is 5. The fourth-order valence-electron chi connectivity index (χ4n) is 0.962. The minimum atomic E-state index is -4.12. The summed E-state index contributed by atoms with van der Waals surface area (Å²) in [5.41, 5.74) is 4.84. The summed E-state index contributed by atoms with van der Waals surface area (Å²) in [7, 11) is -4.12. The quantitative estimate of drug-likeness (QED) is 0.373. The Morgan fingerprint density at radius 1 is 1.38 bits per heavy atom. The molecule has 0 aliphatic carbocycles. The first kappa shape index (κ1) is 14.8. The van der Waals surface area contributed by atoms with Crippen molar-refractivity contribution in [1.29, 1.82) is 0 Å². The molecule has 8 nitrogen and oxygen atoms in total. The first-order chi connectivity index (χ1) is 7.22. The molecule has 94 valence electrons. The highest BCUT2D eigenvalue weighted by atomic mass is 32.2. The molecule has 0 fully saturated rings. The van der Waals surface area contributed by atoms with E-state index in [1.165, 1.54) is 0 Å². The Morgan fingerprint density at radius 2 is 1.94 bits per heavy atom. The van der Waals surface area contributed by atoms with Gasteiger partial charge in [0.25, 0.3) is 10.1 Å². The number of carboxylic acid groups (broad SMARTS) is 1. The van der Waals surface area contributed by atoms with Gasteiger partial charge >= 0.3 is 5.97 Å². The smallest absolute Gasteiger partial charge is 0.320 e. The predicted octanol–water partition coefficient (Wildman–Crippen LogP) is -1.82. The van der Waals surface area contributed by atoms with Gasteiger partial charge < -0.3 is 16.2 Å². The zero-order valence-corrected chi connectivity index (χ0v) is 9.24. The Labute approximate surface area is 92.6 Å². The normalized spacial score (nSPS) is 13.3. The fourth-order valence-corrected chi connectivity index (χ4v) is 1.34. The van der Waals surface area contributed by atoms with Gasteiger partial charge in [0.15, 0.2) is 0 Å². The number of nitrogens with two attached hydrogens (primary N) is 1. The number of carbonyl (C=O) groups is 2. The van der Waals surface area contributed by atoms with E-state index in [0.29, 0.717) is 0 Å². The summed E-state index contributed by atoms with van der Waals surface area (Å²) in [5, 5.41) is 11.1. The van der Waals surface area contributed by atoms with E-state index in [1.807, 2.05) is 0 Å². The number of amides is 1. The van der Waals surface area contributed by atoms with Crippen molar-refractivity contribution in [2.45, 2.75) is 18.9 Å². The van der Waals surface area contributed by atoms with Gasteiger partial charge in [-0.15, -0.1) is 0 Å². The van der Waals surface area contributed by atoms with Crippen LogP contribution in [0.3, 0.4) is 0 Å². The standard InChI is InChI=1S/C7H14N2O6S/c8-6(10)2-1-5(7(11)12)9-3-4-16(13,14)15/h5,9H,1-4H2,(H2,8,10)(H,11,12)(H,13,14,15). The van der Waals surface area contributed by atoms with Crippen LogP contribution in [0.1, 0.15) is 12.8 Å². The lowest BCUT2D eigenvalue weighted by molar-refractivity contribution is -0.139. The number of carbonyl (C=O) groups excluding carboxylic acids is 1. The van der Waals surface area contributed by atoms with Crippen molar-refractivity contribution >= 4 is 22.0 Å². The first-order valence-electron chi connectivity index (χ1n) is 4.42. The fraction of sp³-hybridized carbons (Fsp3) is 0.714. The molecule has 1 unspecified atom stereocenters. The van der Waals surface area contributed by atoms with E-state index in [1.54, 1.807) is 0 Å². The van der Waals surface area contributed by atoms with Gasteiger partial charge in [0.05, 0.1) is 5.75 Å². The summed E-state index contributed by atoms with van der Waals surface area (Å²) in [5.74, 6) is -2.44. The van der Waals surface area contributed by atoms with Crippen LogP contribution in [0.4, 0.5) is 0 Å². The second-order valence-corrected chi connectivity index (χ2v) is 4.71. The average molecular weight is 254 g/mol. The second kappa shape index (κ2) is 6.40. The van der Waals surface area contributed by atoms with Crippen molar-refractivity contribution in [3.63, 3.8) is 0 Å². The molecule has 1 amide bonds. The maximum Gasteiger partial charge on any atom is 0.320 e. The lowest BCUT2D eigenvalue weighted by Crippen LogP contribution is -2.39. The molecule has 0 aromatic heterocycles. The van der Waals surface area contributed by atoms with Crippen LogP contribution in [-0.2, 0) is 19.7 Å². The summed E-state index contributed by atoms with van der Waals surface area (Å²) in [6.45, 7) is -0.214. The molecule has 0 saturated carbocycles. The van der Waals surface area contributed by atoms with E-state index in [2.05, 4.69) is 5.32 Å².